The molecule has 1 unspecified atom stereocenters. The van der Waals surface area contributed by atoms with Gasteiger partial charge < -0.3 is 9.47 Å². The van der Waals surface area contributed by atoms with Gasteiger partial charge in [0.2, 0.25) is 5.91 Å². The lowest BCUT2D eigenvalue weighted by Crippen LogP contribution is -2.27. The molecule has 0 bridgehead atoms. The molecule has 1 amide bonds. The number of benzene rings is 1. The fourth-order valence-electron chi connectivity index (χ4n) is 3.07. The standard InChI is InChI=1S/C17H22N4O/c1-13(2)21-12-18-19-16(21)11-20-10-15(9-17(20)22)8-14-6-4-3-5-7-14/h3-7,12-13,15H,8-11H2,1-2H3. The topological polar surface area (TPSA) is 51.0 Å². The van der Waals surface area contributed by atoms with Gasteiger partial charge >= 0.3 is 0 Å². The van der Waals surface area contributed by atoms with Crippen molar-refractivity contribution in [3.05, 3.63) is 48.0 Å². The Labute approximate surface area is 131 Å². The van der Waals surface area contributed by atoms with Crippen molar-refractivity contribution in [2.75, 3.05) is 6.54 Å². The van der Waals surface area contributed by atoms with E-state index in [4.69, 9.17) is 0 Å². The number of likely N-dealkylation sites (tertiary alicyclic amines) is 1. The van der Waals surface area contributed by atoms with Crippen LogP contribution < -0.4 is 0 Å². The maximum Gasteiger partial charge on any atom is 0.223 e. The molecule has 0 N–H and O–H groups in total. The fraction of sp³-hybridized carbons (Fsp3) is 0.471. The second-order valence-electron chi connectivity index (χ2n) is 6.28. The van der Waals surface area contributed by atoms with Crippen LogP contribution in [0.2, 0.25) is 0 Å². The second-order valence-corrected chi connectivity index (χ2v) is 6.28. The van der Waals surface area contributed by atoms with Crippen LogP contribution in [0.25, 0.3) is 0 Å². The molecule has 5 nitrogen and oxygen atoms in total. The zero-order valence-electron chi connectivity index (χ0n) is 13.1. The van der Waals surface area contributed by atoms with Gasteiger partial charge in [-0.15, -0.1) is 10.2 Å². The number of carbonyl (C=O) groups excluding carboxylic acids is 1. The van der Waals surface area contributed by atoms with E-state index < -0.39 is 0 Å². The summed E-state index contributed by atoms with van der Waals surface area (Å²) in [4.78, 5) is 14.2. The Balaban J connectivity index is 1.64. The van der Waals surface area contributed by atoms with Crippen LogP contribution in [0, 0.1) is 5.92 Å². The first-order chi connectivity index (χ1) is 10.6. The lowest BCUT2D eigenvalue weighted by Gasteiger charge is -2.18. The van der Waals surface area contributed by atoms with Gasteiger partial charge in [-0.1, -0.05) is 30.3 Å². The lowest BCUT2D eigenvalue weighted by atomic mass is 9.99. The Morgan fingerprint density at radius 2 is 2.05 bits per heavy atom. The zero-order chi connectivity index (χ0) is 15.5. The molecule has 1 atom stereocenters. The molecule has 2 aromatic rings. The van der Waals surface area contributed by atoms with E-state index in [0.717, 1.165) is 18.8 Å². The molecule has 1 aromatic heterocycles. The molecule has 1 aliphatic heterocycles. The molecule has 5 heteroatoms. The number of rotatable bonds is 5. The molecule has 2 heterocycles. The van der Waals surface area contributed by atoms with Crippen molar-refractivity contribution in [1.82, 2.24) is 19.7 Å². The van der Waals surface area contributed by atoms with Crippen molar-refractivity contribution in [1.29, 1.82) is 0 Å². The average molecular weight is 298 g/mol. The fourth-order valence-corrected chi connectivity index (χ4v) is 3.07. The third-order valence-electron chi connectivity index (χ3n) is 4.20. The van der Waals surface area contributed by atoms with Gasteiger partial charge in [-0.3, -0.25) is 4.79 Å². The van der Waals surface area contributed by atoms with Crippen molar-refractivity contribution < 1.29 is 4.79 Å². The molecule has 1 aromatic carbocycles. The summed E-state index contributed by atoms with van der Waals surface area (Å²) in [6.45, 7) is 5.55. The Morgan fingerprint density at radius 3 is 2.77 bits per heavy atom. The molecule has 3 rings (SSSR count). The van der Waals surface area contributed by atoms with Crippen LogP contribution in [0.5, 0.6) is 0 Å². The van der Waals surface area contributed by atoms with E-state index >= 15 is 0 Å². The van der Waals surface area contributed by atoms with Crippen LogP contribution in [0.3, 0.4) is 0 Å². The molecule has 0 aliphatic carbocycles. The predicted octanol–water partition coefficient (Wildman–Crippen LogP) is 2.45. The predicted molar refractivity (Wildman–Crippen MR) is 84.1 cm³/mol. The third kappa shape index (κ3) is 3.18. The molecule has 1 aliphatic rings. The van der Waals surface area contributed by atoms with E-state index in [2.05, 4.69) is 48.3 Å². The van der Waals surface area contributed by atoms with E-state index in [0.29, 0.717) is 24.9 Å². The first kappa shape index (κ1) is 14.8. The van der Waals surface area contributed by atoms with Crippen molar-refractivity contribution >= 4 is 5.91 Å². The van der Waals surface area contributed by atoms with E-state index in [1.54, 1.807) is 6.33 Å². The molecule has 22 heavy (non-hydrogen) atoms. The van der Waals surface area contributed by atoms with Gasteiger partial charge in [0.25, 0.3) is 0 Å². The van der Waals surface area contributed by atoms with E-state index in [1.807, 2.05) is 15.5 Å². The maximum absolute atomic E-state index is 12.3. The van der Waals surface area contributed by atoms with E-state index in [1.165, 1.54) is 5.56 Å². The summed E-state index contributed by atoms with van der Waals surface area (Å²) in [5, 5.41) is 8.14. The maximum atomic E-state index is 12.3. The van der Waals surface area contributed by atoms with Gasteiger partial charge in [0.1, 0.15) is 6.33 Å². The molecular weight excluding hydrogens is 276 g/mol. The second kappa shape index (κ2) is 6.30. The Bertz CT molecular complexity index is 635. The summed E-state index contributed by atoms with van der Waals surface area (Å²) < 4.78 is 2.03. The Hall–Kier alpha value is -2.17. The minimum absolute atomic E-state index is 0.222. The van der Waals surface area contributed by atoms with Crippen molar-refractivity contribution in [2.45, 2.75) is 39.3 Å². The van der Waals surface area contributed by atoms with Crippen molar-refractivity contribution in [2.24, 2.45) is 5.92 Å². The number of aromatic nitrogens is 3. The number of nitrogens with zero attached hydrogens (tertiary/aromatic N) is 4. The highest BCUT2D eigenvalue weighted by Gasteiger charge is 2.30. The smallest absolute Gasteiger partial charge is 0.223 e. The van der Waals surface area contributed by atoms with Crippen LogP contribution in [0.15, 0.2) is 36.7 Å². The van der Waals surface area contributed by atoms with Gasteiger partial charge in [-0.25, -0.2) is 0 Å². The highest BCUT2D eigenvalue weighted by molar-refractivity contribution is 5.78. The first-order valence-corrected chi connectivity index (χ1v) is 7.83. The molecule has 0 spiro atoms. The summed E-state index contributed by atoms with van der Waals surface area (Å²) in [6.07, 6.45) is 3.33. The summed E-state index contributed by atoms with van der Waals surface area (Å²) in [5.41, 5.74) is 1.30. The highest BCUT2D eigenvalue weighted by atomic mass is 16.2. The van der Waals surface area contributed by atoms with Crippen LogP contribution in [-0.4, -0.2) is 32.1 Å². The lowest BCUT2D eigenvalue weighted by molar-refractivity contribution is -0.128. The van der Waals surface area contributed by atoms with Gasteiger partial charge in [-0.2, -0.15) is 0 Å². The molecule has 1 saturated heterocycles. The SMILES string of the molecule is CC(C)n1cnnc1CN1CC(Cc2ccccc2)CC1=O. The van der Waals surface area contributed by atoms with Gasteiger partial charge in [0.05, 0.1) is 6.54 Å². The number of amides is 1. The summed E-state index contributed by atoms with van der Waals surface area (Å²) in [5.74, 6) is 1.48. The largest absolute Gasteiger partial charge is 0.335 e. The van der Waals surface area contributed by atoms with Gasteiger partial charge in [0.15, 0.2) is 5.82 Å². The normalized spacial score (nSPS) is 18.4. The van der Waals surface area contributed by atoms with Crippen LogP contribution >= 0.6 is 0 Å². The quantitative estimate of drug-likeness (QED) is 0.852. The Morgan fingerprint density at radius 1 is 1.27 bits per heavy atom. The zero-order valence-corrected chi connectivity index (χ0v) is 13.1. The van der Waals surface area contributed by atoms with E-state index in [9.17, 15) is 4.79 Å². The minimum atomic E-state index is 0.222. The van der Waals surface area contributed by atoms with E-state index in [-0.39, 0.29) is 5.91 Å². The van der Waals surface area contributed by atoms with Crippen LogP contribution in [-0.2, 0) is 17.8 Å². The number of hydrogen-bond donors (Lipinski definition) is 0. The molecule has 116 valence electrons. The Kier molecular flexibility index (Phi) is 4.22. The summed E-state index contributed by atoms with van der Waals surface area (Å²) >= 11 is 0. The third-order valence-corrected chi connectivity index (χ3v) is 4.20. The molecular formula is C17H22N4O. The van der Waals surface area contributed by atoms with Crippen LogP contribution in [0.1, 0.15) is 37.7 Å². The average Bonchev–Trinajstić information content (AvgIpc) is 3.08. The molecule has 1 fully saturated rings. The van der Waals surface area contributed by atoms with Crippen molar-refractivity contribution in [3.63, 3.8) is 0 Å². The number of hydrogen-bond acceptors (Lipinski definition) is 3. The monoisotopic (exact) mass is 298 g/mol. The van der Waals surface area contributed by atoms with Crippen molar-refractivity contribution in [3.8, 4) is 0 Å². The molecule has 0 saturated carbocycles. The van der Waals surface area contributed by atoms with Gasteiger partial charge in [0, 0.05) is 19.0 Å². The van der Waals surface area contributed by atoms with Gasteiger partial charge in [-0.05, 0) is 31.7 Å². The highest BCUT2D eigenvalue weighted by Crippen LogP contribution is 2.23. The molecule has 0 radical (unpaired) electrons. The van der Waals surface area contributed by atoms with Crippen LogP contribution in [0.4, 0.5) is 0 Å². The summed E-state index contributed by atoms with van der Waals surface area (Å²) in [6, 6.07) is 10.7. The number of carbonyl (C=O) groups is 1. The summed E-state index contributed by atoms with van der Waals surface area (Å²) in [7, 11) is 0. The minimum Gasteiger partial charge on any atom is -0.335 e. The first-order valence-electron chi connectivity index (χ1n) is 7.83.